The number of imidazole rings is 1. The quantitative estimate of drug-likeness (QED) is 0.828. The van der Waals surface area contributed by atoms with Crippen molar-refractivity contribution in [2.45, 2.75) is 36.8 Å². The van der Waals surface area contributed by atoms with Crippen LogP contribution in [0.5, 0.6) is 0 Å². The normalized spacial score (nSPS) is 21.9. The lowest BCUT2D eigenvalue weighted by Gasteiger charge is -2.29. The Balaban J connectivity index is 1.77. The van der Waals surface area contributed by atoms with Crippen LogP contribution in [-0.4, -0.2) is 48.4 Å². The van der Waals surface area contributed by atoms with Gasteiger partial charge in [0.25, 0.3) is 10.0 Å². The molecule has 2 heterocycles. The Labute approximate surface area is 113 Å². The molecule has 7 heteroatoms. The van der Waals surface area contributed by atoms with Gasteiger partial charge in [0.05, 0.1) is 12.5 Å². The molecule has 2 aliphatic rings. The highest BCUT2D eigenvalue weighted by Gasteiger charge is 2.39. The first kappa shape index (κ1) is 13.1. The van der Waals surface area contributed by atoms with Gasteiger partial charge in [-0.25, -0.2) is 13.4 Å². The summed E-state index contributed by atoms with van der Waals surface area (Å²) in [5.41, 5.74) is 0. The molecule has 2 N–H and O–H groups in total. The molecule has 0 atom stereocenters. The van der Waals surface area contributed by atoms with Crippen molar-refractivity contribution in [3.63, 3.8) is 0 Å². The van der Waals surface area contributed by atoms with Crippen LogP contribution in [0.4, 0.5) is 0 Å². The number of piperidine rings is 1. The van der Waals surface area contributed by atoms with E-state index in [9.17, 15) is 8.42 Å². The average molecular weight is 284 g/mol. The van der Waals surface area contributed by atoms with Crippen LogP contribution in [0.2, 0.25) is 0 Å². The van der Waals surface area contributed by atoms with Gasteiger partial charge < -0.3 is 10.3 Å². The summed E-state index contributed by atoms with van der Waals surface area (Å²) in [6.07, 6.45) is 6.90. The Morgan fingerprint density at radius 3 is 2.58 bits per heavy atom. The van der Waals surface area contributed by atoms with E-state index in [2.05, 4.69) is 15.3 Å². The van der Waals surface area contributed by atoms with Crippen molar-refractivity contribution in [1.29, 1.82) is 0 Å². The molecule has 0 aromatic carbocycles. The van der Waals surface area contributed by atoms with Gasteiger partial charge in [0, 0.05) is 12.6 Å². The van der Waals surface area contributed by atoms with Crippen LogP contribution in [0, 0.1) is 5.92 Å². The molecular weight excluding hydrogens is 264 g/mol. The zero-order valence-corrected chi connectivity index (χ0v) is 11.7. The molecule has 1 aliphatic heterocycles. The topological polar surface area (TPSA) is 78.1 Å². The first-order valence-corrected chi connectivity index (χ1v) is 8.33. The number of nitrogens with one attached hydrogen (secondary N) is 2. The summed E-state index contributed by atoms with van der Waals surface area (Å²) < 4.78 is 26.9. The summed E-state index contributed by atoms with van der Waals surface area (Å²) in [4.78, 5) is 6.55. The molecule has 6 nitrogen and oxygen atoms in total. The molecular formula is C12H20N4O2S. The minimum Gasteiger partial charge on any atom is -0.335 e. The summed E-state index contributed by atoms with van der Waals surface area (Å²) >= 11 is 0. The highest BCUT2D eigenvalue weighted by Crippen LogP contribution is 2.33. The fraction of sp³-hybridized carbons (Fsp3) is 0.750. The lowest BCUT2D eigenvalue weighted by atomic mass is 9.98. The van der Waals surface area contributed by atoms with Crippen molar-refractivity contribution in [2.24, 2.45) is 5.92 Å². The van der Waals surface area contributed by atoms with E-state index in [4.69, 9.17) is 0 Å². The van der Waals surface area contributed by atoms with Crippen LogP contribution < -0.4 is 5.32 Å². The van der Waals surface area contributed by atoms with Crippen molar-refractivity contribution >= 4 is 10.0 Å². The van der Waals surface area contributed by atoms with E-state index in [1.807, 2.05) is 0 Å². The zero-order valence-electron chi connectivity index (χ0n) is 10.9. The van der Waals surface area contributed by atoms with Gasteiger partial charge >= 0.3 is 0 Å². The van der Waals surface area contributed by atoms with E-state index in [0.29, 0.717) is 12.5 Å². The molecule has 0 bridgehead atoms. The second-order valence-corrected chi connectivity index (χ2v) is 7.27. The average Bonchev–Trinajstić information content (AvgIpc) is 3.09. The molecule has 2 fully saturated rings. The number of sulfonamides is 1. The standard InChI is InChI=1S/C12H20N4O2S/c17-19(18,12-7-14-9-15-12)16(11-1-2-11)8-10-3-5-13-6-4-10/h7,9-11,13H,1-6,8H2,(H,14,15). The van der Waals surface area contributed by atoms with Gasteiger partial charge in [-0.1, -0.05) is 0 Å². The largest absolute Gasteiger partial charge is 0.335 e. The third kappa shape index (κ3) is 2.82. The Morgan fingerprint density at radius 2 is 2.00 bits per heavy atom. The SMILES string of the molecule is O=S(=O)(c1cnc[nH]1)N(CC1CCNCC1)C1CC1. The molecule has 1 aromatic rings. The third-order valence-corrected chi connectivity index (χ3v) is 5.75. The highest BCUT2D eigenvalue weighted by atomic mass is 32.2. The van der Waals surface area contributed by atoms with Gasteiger partial charge in [-0.15, -0.1) is 0 Å². The van der Waals surface area contributed by atoms with Crippen LogP contribution in [0.15, 0.2) is 17.6 Å². The second-order valence-electron chi connectivity index (χ2n) is 5.42. The van der Waals surface area contributed by atoms with Gasteiger partial charge in [-0.2, -0.15) is 4.31 Å². The number of aromatic amines is 1. The first-order chi connectivity index (χ1) is 9.18. The van der Waals surface area contributed by atoms with Crippen LogP contribution in [0.25, 0.3) is 0 Å². The Bertz CT molecular complexity index is 504. The molecule has 0 unspecified atom stereocenters. The predicted molar refractivity (Wildman–Crippen MR) is 71.1 cm³/mol. The first-order valence-electron chi connectivity index (χ1n) is 6.89. The maximum atomic E-state index is 12.6. The minimum atomic E-state index is -3.40. The van der Waals surface area contributed by atoms with Crippen molar-refractivity contribution in [1.82, 2.24) is 19.6 Å². The molecule has 1 saturated carbocycles. The predicted octanol–water partition coefficient (Wildman–Crippen LogP) is 0.562. The zero-order chi connectivity index (χ0) is 13.3. The van der Waals surface area contributed by atoms with Gasteiger partial charge in [0.15, 0.2) is 5.03 Å². The van der Waals surface area contributed by atoms with Gasteiger partial charge in [0.2, 0.25) is 0 Å². The fourth-order valence-corrected chi connectivity index (χ4v) is 4.29. The van der Waals surface area contributed by atoms with Crippen LogP contribution in [-0.2, 0) is 10.0 Å². The number of aromatic nitrogens is 2. The summed E-state index contributed by atoms with van der Waals surface area (Å²) in [5, 5.41) is 3.53. The molecule has 106 valence electrons. The molecule has 0 amide bonds. The Kier molecular flexibility index (Phi) is 3.60. The number of hydrogen-bond acceptors (Lipinski definition) is 4. The summed E-state index contributed by atoms with van der Waals surface area (Å²) in [6, 6.07) is 0.197. The summed E-state index contributed by atoms with van der Waals surface area (Å²) in [7, 11) is -3.40. The van der Waals surface area contributed by atoms with Crippen LogP contribution in [0.1, 0.15) is 25.7 Å². The number of rotatable bonds is 5. The lowest BCUT2D eigenvalue weighted by Crippen LogP contribution is -2.40. The minimum absolute atomic E-state index is 0.197. The van der Waals surface area contributed by atoms with E-state index in [1.165, 1.54) is 12.5 Å². The van der Waals surface area contributed by atoms with Crippen molar-refractivity contribution in [3.05, 3.63) is 12.5 Å². The van der Waals surface area contributed by atoms with Gasteiger partial charge in [-0.3, -0.25) is 0 Å². The van der Waals surface area contributed by atoms with Crippen molar-refractivity contribution < 1.29 is 8.42 Å². The van der Waals surface area contributed by atoms with Crippen molar-refractivity contribution in [3.8, 4) is 0 Å². The molecule has 0 radical (unpaired) electrons. The molecule has 1 aliphatic carbocycles. The number of nitrogens with zero attached hydrogens (tertiary/aromatic N) is 2. The fourth-order valence-electron chi connectivity index (χ4n) is 2.64. The van der Waals surface area contributed by atoms with E-state index >= 15 is 0 Å². The lowest BCUT2D eigenvalue weighted by molar-refractivity contribution is 0.283. The monoisotopic (exact) mass is 284 g/mol. The van der Waals surface area contributed by atoms with Crippen molar-refractivity contribution in [2.75, 3.05) is 19.6 Å². The maximum Gasteiger partial charge on any atom is 0.260 e. The summed E-state index contributed by atoms with van der Waals surface area (Å²) in [6.45, 7) is 2.63. The maximum absolute atomic E-state index is 12.6. The van der Waals surface area contributed by atoms with E-state index in [0.717, 1.165) is 38.8 Å². The summed E-state index contributed by atoms with van der Waals surface area (Å²) in [5.74, 6) is 0.472. The van der Waals surface area contributed by atoms with Gasteiger partial charge in [-0.05, 0) is 44.7 Å². The Morgan fingerprint density at radius 1 is 1.26 bits per heavy atom. The van der Waals surface area contributed by atoms with Crippen LogP contribution >= 0.6 is 0 Å². The van der Waals surface area contributed by atoms with Crippen LogP contribution in [0.3, 0.4) is 0 Å². The van der Waals surface area contributed by atoms with E-state index in [1.54, 1.807) is 4.31 Å². The molecule has 3 rings (SSSR count). The van der Waals surface area contributed by atoms with Gasteiger partial charge in [0.1, 0.15) is 0 Å². The molecule has 1 saturated heterocycles. The van der Waals surface area contributed by atoms with E-state index in [-0.39, 0.29) is 11.1 Å². The Hall–Kier alpha value is -0.920. The number of H-pyrrole nitrogens is 1. The second kappa shape index (κ2) is 5.22. The molecule has 19 heavy (non-hydrogen) atoms. The van der Waals surface area contributed by atoms with E-state index < -0.39 is 10.0 Å². The third-order valence-electron chi connectivity index (χ3n) is 3.91. The number of hydrogen-bond donors (Lipinski definition) is 2. The smallest absolute Gasteiger partial charge is 0.260 e. The molecule has 0 spiro atoms. The highest BCUT2D eigenvalue weighted by molar-refractivity contribution is 7.89. The molecule has 1 aromatic heterocycles.